The van der Waals surface area contributed by atoms with E-state index < -0.39 is 17.7 Å². The molecule has 0 aromatic carbocycles. The molecule has 1 heterocycles. The minimum absolute atomic E-state index is 0.0534. The first-order chi connectivity index (χ1) is 6.84. The topological polar surface area (TPSA) is 29.5 Å². The average Bonchev–Trinajstić information content (AvgIpc) is 2.65. The van der Waals surface area contributed by atoms with Gasteiger partial charge in [0, 0.05) is 20.6 Å². The summed E-state index contributed by atoms with van der Waals surface area (Å²) in [6.45, 7) is 3.08. The molecule has 0 aromatic rings. The maximum atomic E-state index is 12.9. The monoisotopic (exact) mass is 221 g/mol. The molecule has 0 bridgehead atoms. The molecule has 1 saturated heterocycles. The molecule has 1 fully saturated rings. The predicted molar refractivity (Wildman–Crippen MR) is 51.8 cm³/mol. The van der Waals surface area contributed by atoms with Crippen LogP contribution in [0.15, 0.2) is 0 Å². The van der Waals surface area contributed by atoms with Gasteiger partial charge in [0.1, 0.15) is 0 Å². The van der Waals surface area contributed by atoms with Crippen LogP contribution in [0.25, 0.3) is 0 Å². The number of ether oxygens (including phenoxy) is 1. The molecule has 0 aromatic heterocycles. The largest absolute Gasteiger partial charge is 0.379 e. The number of carbonyl (C=O) groups excluding carboxylic acids is 1. The molecule has 0 N–H and O–H groups in total. The van der Waals surface area contributed by atoms with E-state index in [1.807, 2.05) is 0 Å². The van der Waals surface area contributed by atoms with Crippen molar-refractivity contribution in [1.82, 2.24) is 4.90 Å². The van der Waals surface area contributed by atoms with Gasteiger partial charge in [0.25, 0.3) is 5.92 Å². The zero-order valence-electron chi connectivity index (χ0n) is 9.30. The molecule has 0 spiro atoms. The summed E-state index contributed by atoms with van der Waals surface area (Å²) in [6.07, 6.45) is 0.726. The van der Waals surface area contributed by atoms with E-state index >= 15 is 0 Å². The second-order valence-corrected chi connectivity index (χ2v) is 4.14. The van der Waals surface area contributed by atoms with Crippen LogP contribution in [-0.4, -0.2) is 43.0 Å². The van der Waals surface area contributed by atoms with Crippen LogP contribution >= 0.6 is 0 Å². The third-order valence-electron chi connectivity index (χ3n) is 2.93. The minimum Gasteiger partial charge on any atom is -0.379 e. The maximum absolute atomic E-state index is 12.9. The first kappa shape index (κ1) is 12.4. The number of rotatable bonds is 3. The van der Waals surface area contributed by atoms with Gasteiger partial charge in [0.15, 0.2) is 0 Å². The minimum atomic E-state index is -2.97. The number of alkyl halides is 2. The number of halogens is 2. The van der Waals surface area contributed by atoms with E-state index in [1.165, 1.54) is 11.8 Å². The smallest absolute Gasteiger partial charge is 0.256 e. The highest BCUT2D eigenvalue weighted by Gasteiger charge is 2.39. The lowest BCUT2D eigenvalue weighted by atomic mass is 10.0. The second-order valence-electron chi connectivity index (χ2n) is 4.14. The first-order valence-corrected chi connectivity index (χ1v) is 5.06. The number of nitrogens with zero attached hydrogens (tertiary/aromatic N) is 1. The summed E-state index contributed by atoms with van der Waals surface area (Å²) in [5, 5.41) is 0. The molecule has 2 unspecified atom stereocenters. The van der Waals surface area contributed by atoms with Gasteiger partial charge in [-0.25, -0.2) is 8.78 Å². The van der Waals surface area contributed by atoms with E-state index in [1.54, 1.807) is 7.05 Å². The molecule has 0 saturated carbocycles. The van der Waals surface area contributed by atoms with Gasteiger partial charge in [-0.2, -0.15) is 0 Å². The normalized spacial score (nSPS) is 23.9. The van der Waals surface area contributed by atoms with Crippen LogP contribution in [0.1, 0.15) is 20.3 Å². The van der Waals surface area contributed by atoms with Crippen LogP contribution < -0.4 is 0 Å². The van der Waals surface area contributed by atoms with Crippen LogP contribution in [0.5, 0.6) is 0 Å². The fourth-order valence-corrected chi connectivity index (χ4v) is 1.53. The Bertz CT molecular complexity index is 234. The highest BCUT2D eigenvalue weighted by molar-refractivity contribution is 5.79. The predicted octanol–water partition coefficient (Wildman–Crippen LogP) is 1.52. The summed E-state index contributed by atoms with van der Waals surface area (Å²) < 4.78 is 31.0. The quantitative estimate of drug-likeness (QED) is 0.723. The van der Waals surface area contributed by atoms with Gasteiger partial charge in [-0.3, -0.25) is 4.79 Å². The molecule has 1 rings (SSSR count). The highest BCUT2D eigenvalue weighted by Crippen LogP contribution is 2.26. The van der Waals surface area contributed by atoms with Crippen molar-refractivity contribution in [2.45, 2.75) is 32.2 Å². The Hall–Kier alpha value is -0.710. The van der Waals surface area contributed by atoms with Gasteiger partial charge in [0.05, 0.1) is 18.6 Å². The molecule has 88 valence electrons. The number of likely N-dealkylation sites (N-methyl/N-ethyl adjacent to an activating group) is 1. The van der Waals surface area contributed by atoms with Crippen molar-refractivity contribution in [1.29, 1.82) is 0 Å². The zero-order chi connectivity index (χ0) is 11.6. The van der Waals surface area contributed by atoms with Crippen LogP contribution in [0, 0.1) is 5.92 Å². The van der Waals surface area contributed by atoms with Gasteiger partial charge in [-0.05, 0) is 13.3 Å². The van der Waals surface area contributed by atoms with E-state index in [0.717, 1.165) is 13.3 Å². The fourth-order valence-electron chi connectivity index (χ4n) is 1.53. The summed E-state index contributed by atoms with van der Waals surface area (Å²) >= 11 is 0. The number of hydrogen-bond donors (Lipinski definition) is 0. The van der Waals surface area contributed by atoms with Crippen LogP contribution in [0.2, 0.25) is 0 Å². The summed E-state index contributed by atoms with van der Waals surface area (Å²) in [5.41, 5.74) is 0. The molecule has 5 heteroatoms. The average molecular weight is 221 g/mol. The number of carbonyl (C=O) groups is 1. The molecule has 0 radical (unpaired) electrons. The van der Waals surface area contributed by atoms with Crippen molar-refractivity contribution >= 4 is 5.91 Å². The van der Waals surface area contributed by atoms with E-state index in [4.69, 9.17) is 4.74 Å². The molecule has 1 aliphatic rings. The van der Waals surface area contributed by atoms with Gasteiger partial charge in [-0.1, -0.05) is 0 Å². The summed E-state index contributed by atoms with van der Waals surface area (Å²) in [5.74, 6) is -4.76. The van der Waals surface area contributed by atoms with Crippen LogP contribution in [0.3, 0.4) is 0 Å². The summed E-state index contributed by atoms with van der Waals surface area (Å²) in [6, 6.07) is -0.0534. The molecule has 2 atom stereocenters. The van der Waals surface area contributed by atoms with E-state index in [2.05, 4.69) is 0 Å². The van der Waals surface area contributed by atoms with Gasteiger partial charge in [0.2, 0.25) is 5.91 Å². The van der Waals surface area contributed by atoms with E-state index in [9.17, 15) is 13.6 Å². The van der Waals surface area contributed by atoms with Crippen molar-refractivity contribution in [3.05, 3.63) is 0 Å². The van der Waals surface area contributed by atoms with Crippen molar-refractivity contribution in [2.24, 2.45) is 5.92 Å². The third-order valence-corrected chi connectivity index (χ3v) is 2.93. The fraction of sp³-hybridized carbons (Fsp3) is 0.900. The Balaban J connectivity index is 2.59. The Morgan fingerprint density at radius 3 is 2.60 bits per heavy atom. The van der Waals surface area contributed by atoms with Gasteiger partial charge < -0.3 is 9.64 Å². The Labute approximate surface area is 88.4 Å². The van der Waals surface area contributed by atoms with Crippen molar-refractivity contribution < 1.29 is 18.3 Å². The van der Waals surface area contributed by atoms with Crippen LogP contribution in [-0.2, 0) is 9.53 Å². The Kier molecular flexibility index (Phi) is 3.65. The molecule has 0 aliphatic carbocycles. The second kappa shape index (κ2) is 4.43. The Morgan fingerprint density at radius 1 is 1.60 bits per heavy atom. The maximum Gasteiger partial charge on any atom is 0.256 e. The molecule has 15 heavy (non-hydrogen) atoms. The molecule has 1 amide bonds. The van der Waals surface area contributed by atoms with E-state index in [-0.39, 0.29) is 6.04 Å². The lowest BCUT2D eigenvalue weighted by molar-refractivity contribution is -0.147. The summed E-state index contributed by atoms with van der Waals surface area (Å²) in [7, 11) is 1.56. The van der Waals surface area contributed by atoms with Gasteiger partial charge >= 0.3 is 0 Å². The lowest BCUT2D eigenvalue weighted by Gasteiger charge is -2.28. The van der Waals surface area contributed by atoms with Crippen molar-refractivity contribution in [3.8, 4) is 0 Å². The SMILES string of the molecule is CC(C(=O)N(C)C1CCOC1)C(C)(F)F. The zero-order valence-corrected chi connectivity index (χ0v) is 9.30. The molecule has 1 aliphatic heterocycles. The first-order valence-electron chi connectivity index (χ1n) is 5.06. The highest BCUT2D eigenvalue weighted by atomic mass is 19.3. The Morgan fingerprint density at radius 2 is 2.20 bits per heavy atom. The standard InChI is InChI=1S/C10H17F2NO2/c1-7(10(2,11)12)9(14)13(3)8-4-5-15-6-8/h7-8H,4-6H2,1-3H3. The van der Waals surface area contributed by atoms with Crippen molar-refractivity contribution in [2.75, 3.05) is 20.3 Å². The van der Waals surface area contributed by atoms with E-state index in [0.29, 0.717) is 13.2 Å². The third kappa shape index (κ3) is 2.87. The van der Waals surface area contributed by atoms with Crippen molar-refractivity contribution in [3.63, 3.8) is 0 Å². The molecular weight excluding hydrogens is 204 g/mol. The lowest BCUT2D eigenvalue weighted by Crippen LogP contribution is -2.44. The molecular formula is C10H17F2NO2. The van der Waals surface area contributed by atoms with Gasteiger partial charge in [-0.15, -0.1) is 0 Å². The summed E-state index contributed by atoms with van der Waals surface area (Å²) in [4.78, 5) is 13.1. The number of hydrogen-bond acceptors (Lipinski definition) is 2. The molecule has 3 nitrogen and oxygen atoms in total. The van der Waals surface area contributed by atoms with Crippen LogP contribution in [0.4, 0.5) is 8.78 Å². The number of amides is 1.